The van der Waals surface area contributed by atoms with Gasteiger partial charge in [-0.3, -0.25) is 0 Å². The normalized spacial score (nSPS) is 11.8. The van der Waals surface area contributed by atoms with Crippen molar-refractivity contribution in [3.8, 4) is 11.1 Å². The molecule has 122 valence electrons. The molecule has 0 saturated carbocycles. The quantitative estimate of drug-likeness (QED) is 0.380. The highest BCUT2D eigenvalue weighted by Gasteiger charge is 2.13. The number of rotatable bonds is 1. The van der Waals surface area contributed by atoms with Gasteiger partial charge in [-0.2, -0.15) is 0 Å². The number of aromatic amines is 2. The fraction of sp³-hybridized carbons (Fsp3) is 0. The van der Waals surface area contributed by atoms with E-state index in [0.717, 1.165) is 22.2 Å². The number of benzene rings is 3. The number of fused-ring (bicyclic) bond motifs is 6. The van der Waals surface area contributed by atoms with Gasteiger partial charge in [-0.25, -0.2) is 4.98 Å². The number of nitrogens with zero attached hydrogens (tertiary/aromatic N) is 1. The van der Waals surface area contributed by atoms with Crippen molar-refractivity contribution in [3.05, 3.63) is 79.0 Å². The molecule has 0 amide bonds. The summed E-state index contributed by atoms with van der Waals surface area (Å²) in [5.41, 5.74) is 5.34. The molecule has 6 rings (SSSR count). The fourth-order valence-corrected chi connectivity index (χ4v) is 3.98. The van der Waals surface area contributed by atoms with Gasteiger partial charge in [0.05, 0.1) is 0 Å². The minimum Gasteiger partial charge on any atom is -0.345 e. The minimum absolute atomic E-state index is 0.909. The zero-order chi connectivity index (χ0) is 17.1. The molecule has 3 heterocycles. The van der Waals surface area contributed by atoms with Gasteiger partial charge in [0, 0.05) is 33.4 Å². The fourth-order valence-electron chi connectivity index (χ4n) is 3.98. The first-order valence-corrected chi connectivity index (χ1v) is 8.75. The van der Waals surface area contributed by atoms with Crippen molar-refractivity contribution in [2.24, 2.45) is 0 Å². The Balaban J connectivity index is 1.77. The molecule has 0 radical (unpaired) electrons. The zero-order valence-electron chi connectivity index (χ0n) is 14.0. The lowest BCUT2D eigenvalue weighted by Crippen LogP contribution is -1.80. The number of pyridine rings is 1. The van der Waals surface area contributed by atoms with Gasteiger partial charge in [0.25, 0.3) is 0 Å². The van der Waals surface area contributed by atoms with E-state index in [2.05, 4.69) is 76.7 Å². The Labute approximate surface area is 149 Å². The van der Waals surface area contributed by atoms with Crippen LogP contribution in [0.4, 0.5) is 0 Å². The van der Waals surface area contributed by atoms with Crippen molar-refractivity contribution in [2.75, 3.05) is 0 Å². The van der Waals surface area contributed by atoms with Crippen molar-refractivity contribution in [1.29, 1.82) is 0 Å². The van der Waals surface area contributed by atoms with Crippen molar-refractivity contribution in [3.63, 3.8) is 0 Å². The number of hydrogen-bond acceptors (Lipinski definition) is 1. The van der Waals surface area contributed by atoms with E-state index in [1.54, 1.807) is 0 Å². The van der Waals surface area contributed by atoms with Crippen LogP contribution in [0.15, 0.2) is 79.0 Å². The Hall–Kier alpha value is -3.59. The standard InChI is InChI=1S/C23H15N3/c1-2-6-14(7-3-1)19-13-24-22-17(19)12-18-21-16-9-5-4-8-15(16)10-11-20(21)25-23(18)26-22/h1-13H,(H2,24,25,26). The maximum Gasteiger partial charge on any atom is 0.140 e. The predicted octanol–water partition coefficient (Wildman–Crippen LogP) is 6.02. The summed E-state index contributed by atoms with van der Waals surface area (Å²) in [6, 6.07) is 25.5. The Morgan fingerprint density at radius 3 is 2.46 bits per heavy atom. The molecule has 26 heavy (non-hydrogen) atoms. The first kappa shape index (κ1) is 13.7. The third-order valence-electron chi connectivity index (χ3n) is 5.20. The summed E-state index contributed by atoms with van der Waals surface area (Å²) in [4.78, 5) is 11.7. The third kappa shape index (κ3) is 1.80. The van der Waals surface area contributed by atoms with Crippen LogP contribution < -0.4 is 0 Å². The highest BCUT2D eigenvalue weighted by molar-refractivity contribution is 6.21. The van der Waals surface area contributed by atoms with Gasteiger partial charge < -0.3 is 9.97 Å². The van der Waals surface area contributed by atoms with Gasteiger partial charge in [-0.1, -0.05) is 60.7 Å². The van der Waals surface area contributed by atoms with Crippen molar-refractivity contribution in [1.82, 2.24) is 15.0 Å². The smallest absolute Gasteiger partial charge is 0.140 e. The summed E-state index contributed by atoms with van der Waals surface area (Å²) in [7, 11) is 0. The number of hydrogen-bond donors (Lipinski definition) is 2. The van der Waals surface area contributed by atoms with Gasteiger partial charge >= 0.3 is 0 Å². The molecular weight excluding hydrogens is 318 g/mol. The Kier molecular flexibility index (Phi) is 2.61. The lowest BCUT2D eigenvalue weighted by Gasteiger charge is -2.01. The largest absolute Gasteiger partial charge is 0.345 e. The molecule has 3 aromatic carbocycles. The molecule has 0 aliphatic rings. The number of nitrogens with one attached hydrogen (secondary N) is 2. The summed E-state index contributed by atoms with van der Waals surface area (Å²) < 4.78 is 0. The monoisotopic (exact) mass is 333 g/mol. The highest BCUT2D eigenvalue weighted by atomic mass is 14.9. The molecule has 0 bridgehead atoms. The molecule has 3 aromatic heterocycles. The lowest BCUT2D eigenvalue weighted by atomic mass is 10.0. The molecule has 0 aliphatic heterocycles. The molecule has 0 spiro atoms. The van der Waals surface area contributed by atoms with Gasteiger partial charge in [0.1, 0.15) is 11.3 Å². The Morgan fingerprint density at radius 1 is 0.692 bits per heavy atom. The van der Waals surface area contributed by atoms with Crippen LogP contribution in [0.5, 0.6) is 0 Å². The average Bonchev–Trinajstić information content (AvgIpc) is 3.27. The second kappa shape index (κ2) is 4.96. The van der Waals surface area contributed by atoms with Gasteiger partial charge in [-0.05, 0) is 28.5 Å². The third-order valence-corrected chi connectivity index (χ3v) is 5.20. The van der Waals surface area contributed by atoms with E-state index in [1.165, 1.54) is 32.7 Å². The molecule has 3 nitrogen and oxygen atoms in total. The second-order valence-electron chi connectivity index (χ2n) is 6.68. The Morgan fingerprint density at radius 2 is 1.54 bits per heavy atom. The van der Waals surface area contributed by atoms with Crippen LogP contribution in [-0.4, -0.2) is 15.0 Å². The van der Waals surface area contributed by atoms with Gasteiger partial charge in [0.2, 0.25) is 0 Å². The minimum atomic E-state index is 0.909. The van der Waals surface area contributed by atoms with E-state index in [-0.39, 0.29) is 0 Å². The van der Waals surface area contributed by atoms with Crippen molar-refractivity contribution < 1.29 is 0 Å². The molecule has 0 fully saturated rings. The molecule has 0 unspecified atom stereocenters. The summed E-state index contributed by atoms with van der Waals surface area (Å²) in [6.07, 6.45) is 2.05. The average molecular weight is 333 g/mol. The molecule has 0 saturated heterocycles. The topological polar surface area (TPSA) is 44.5 Å². The first-order valence-electron chi connectivity index (χ1n) is 8.75. The Bertz CT molecular complexity index is 1420. The lowest BCUT2D eigenvalue weighted by molar-refractivity contribution is 1.34. The molecule has 0 atom stereocenters. The van der Waals surface area contributed by atoms with Gasteiger partial charge in [-0.15, -0.1) is 0 Å². The van der Waals surface area contributed by atoms with Crippen LogP contribution in [0.3, 0.4) is 0 Å². The molecule has 0 aliphatic carbocycles. The van der Waals surface area contributed by atoms with Crippen LogP contribution in [0.1, 0.15) is 0 Å². The maximum atomic E-state index is 4.86. The molecule has 3 heteroatoms. The van der Waals surface area contributed by atoms with Crippen molar-refractivity contribution in [2.45, 2.75) is 0 Å². The van der Waals surface area contributed by atoms with Crippen LogP contribution in [0, 0.1) is 0 Å². The summed E-state index contributed by atoms with van der Waals surface area (Å²) >= 11 is 0. The number of H-pyrrole nitrogens is 2. The summed E-state index contributed by atoms with van der Waals surface area (Å²) in [6.45, 7) is 0. The van der Waals surface area contributed by atoms with Gasteiger partial charge in [0.15, 0.2) is 0 Å². The second-order valence-corrected chi connectivity index (χ2v) is 6.68. The van der Waals surface area contributed by atoms with E-state index >= 15 is 0 Å². The number of aromatic nitrogens is 3. The SMILES string of the molecule is c1ccc(-c2c[nH]c3nc4[nH]c5ccc6ccccc6c5c4cc23)cc1. The first-order chi connectivity index (χ1) is 12.9. The molecule has 6 aromatic rings. The van der Waals surface area contributed by atoms with E-state index in [9.17, 15) is 0 Å². The van der Waals surface area contributed by atoms with E-state index in [1.807, 2.05) is 12.3 Å². The highest BCUT2D eigenvalue weighted by Crippen LogP contribution is 2.35. The summed E-state index contributed by atoms with van der Waals surface area (Å²) in [5.74, 6) is 0. The zero-order valence-corrected chi connectivity index (χ0v) is 14.0. The van der Waals surface area contributed by atoms with Crippen LogP contribution in [0.25, 0.3) is 54.9 Å². The molecule has 2 N–H and O–H groups in total. The van der Waals surface area contributed by atoms with Crippen LogP contribution in [-0.2, 0) is 0 Å². The van der Waals surface area contributed by atoms with E-state index in [4.69, 9.17) is 4.98 Å². The van der Waals surface area contributed by atoms with E-state index in [0.29, 0.717) is 0 Å². The van der Waals surface area contributed by atoms with E-state index < -0.39 is 0 Å². The van der Waals surface area contributed by atoms with Crippen LogP contribution >= 0.6 is 0 Å². The maximum absolute atomic E-state index is 4.86. The summed E-state index contributed by atoms with van der Waals surface area (Å²) in [5, 5.41) is 6.07. The van der Waals surface area contributed by atoms with Crippen LogP contribution in [0.2, 0.25) is 0 Å². The predicted molar refractivity (Wildman–Crippen MR) is 108 cm³/mol. The molecular formula is C23H15N3. The van der Waals surface area contributed by atoms with Crippen molar-refractivity contribution >= 4 is 43.7 Å².